The predicted octanol–water partition coefficient (Wildman–Crippen LogP) is 4.66. The van der Waals surface area contributed by atoms with Crippen LogP contribution in [0.5, 0.6) is 0 Å². The van der Waals surface area contributed by atoms with Crippen LogP contribution in [0.15, 0.2) is 76.3 Å². The van der Waals surface area contributed by atoms with Crippen LogP contribution in [0.1, 0.15) is 49.6 Å². The maximum Gasteiger partial charge on any atom is 0.303 e. The number of fused-ring (bicyclic) bond motifs is 1. The fraction of sp³-hybridized carbons (Fsp3) is 0.310. The van der Waals surface area contributed by atoms with Gasteiger partial charge in [-0.3, -0.25) is 14.2 Å². The summed E-state index contributed by atoms with van der Waals surface area (Å²) in [6.07, 6.45) is 7.98. The molecule has 8 heteroatoms. The van der Waals surface area contributed by atoms with Gasteiger partial charge in [-0.05, 0) is 68.8 Å². The van der Waals surface area contributed by atoms with Gasteiger partial charge in [0.2, 0.25) is 0 Å². The van der Waals surface area contributed by atoms with Crippen molar-refractivity contribution >= 4 is 22.6 Å². The number of nitrogens with zero attached hydrogens (tertiary/aromatic N) is 3. The molecule has 37 heavy (non-hydrogen) atoms. The van der Waals surface area contributed by atoms with Crippen molar-refractivity contribution in [2.24, 2.45) is 5.16 Å². The number of hydrogen-bond donors (Lipinski definition) is 2. The van der Waals surface area contributed by atoms with Crippen LogP contribution in [0.25, 0.3) is 16.6 Å². The Morgan fingerprint density at radius 2 is 2.00 bits per heavy atom. The van der Waals surface area contributed by atoms with Gasteiger partial charge in [0.15, 0.2) is 6.10 Å². The average Bonchev–Trinajstić information content (AvgIpc) is 3.38. The highest BCUT2D eigenvalue weighted by Gasteiger charge is 2.25. The first kappa shape index (κ1) is 25.9. The summed E-state index contributed by atoms with van der Waals surface area (Å²) in [6.45, 7) is 3.96. The molecule has 1 atom stereocenters. The molecule has 0 radical (unpaired) electrons. The number of unbranched alkanes of at least 4 members (excludes halogenated alkanes) is 1. The predicted molar refractivity (Wildman–Crippen MR) is 145 cm³/mol. The normalized spacial score (nSPS) is 15.7. The lowest BCUT2D eigenvalue weighted by Crippen LogP contribution is -2.24. The van der Waals surface area contributed by atoms with Crippen molar-refractivity contribution in [2.75, 3.05) is 7.05 Å². The fourth-order valence-electron chi connectivity index (χ4n) is 4.39. The smallest absolute Gasteiger partial charge is 0.303 e. The van der Waals surface area contributed by atoms with Gasteiger partial charge in [-0.1, -0.05) is 35.0 Å². The van der Waals surface area contributed by atoms with E-state index in [-0.39, 0.29) is 18.1 Å². The lowest BCUT2D eigenvalue weighted by molar-refractivity contribution is -0.137. The molecular weight excluding hydrogens is 468 g/mol. The van der Waals surface area contributed by atoms with Crippen LogP contribution in [-0.4, -0.2) is 39.5 Å². The monoisotopic (exact) mass is 500 g/mol. The molecule has 2 aromatic carbocycles. The highest BCUT2D eigenvalue weighted by molar-refractivity contribution is 6.03. The zero-order chi connectivity index (χ0) is 26.4. The van der Waals surface area contributed by atoms with E-state index in [1.807, 2.05) is 75.6 Å². The van der Waals surface area contributed by atoms with E-state index >= 15 is 0 Å². The van der Waals surface area contributed by atoms with Crippen LogP contribution < -0.4 is 10.9 Å². The summed E-state index contributed by atoms with van der Waals surface area (Å²) < 4.78 is 1.64. The second-order valence-corrected chi connectivity index (χ2v) is 9.08. The molecule has 3 aromatic rings. The van der Waals surface area contributed by atoms with Crippen molar-refractivity contribution in [3.05, 3.63) is 93.7 Å². The topological polar surface area (TPSA) is 106 Å². The summed E-state index contributed by atoms with van der Waals surface area (Å²) in [5.74, 6) is -0.216. The zero-order valence-electron chi connectivity index (χ0n) is 21.4. The third-order valence-corrected chi connectivity index (χ3v) is 6.42. The number of allylic oxidation sites excluding steroid dienone is 1. The molecule has 0 spiro atoms. The lowest BCUT2D eigenvalue weighted by Gasteiger charge is -2.14. The molecule has 1 aliphatic heterocycles. The molecule has 192 valence electrons. The quantitative estimate of drug-likeness (QED) is 0.310. The highest BCUT2D eigenvalue weighted by Crippen LogP contribution is 2.25. The van der Waals surface area contributed by atoms with E-state index in [1.165, 1.54) is 0 Å². The number of oxime groups is 1. The number of aromatic nitrogens is 2. The van der Waals surface area contributed by atoms with Crippen LogP contribution in [0.4, 0.5) is 0 Å². The Morgan fingerprint density at radius 1 is 1.22 bits per heavy atom. The summed E-state index contributed by atoms with van der Waals surface area (Å²) in [7, 11) is 1.84. The SMILES string of the molecule is C/C=C(\C=C/NC)C1CC(c2ccc3c(=O)n(-c4ccc(C)cc4)c(CCCCC(=O)O)nc3c2)=NO1. The van der Waals surface area contributed by atoms with E-state index in [0.717, 1.165) is 28.1 Å². The van der Waals surface area contributed by atoms with Crippen molar-refractivity contribution in [3.8, 4) is 5.69 Å². The Morgan fingerprint density at radius 3 is 2.70 bits per heavy atom. The largest absolute Gasteiger partial charge is 0.481 e. The summed E-state index contributed by atoms with van der Waals surface area (Å²) in [4.78, 5) is 35.2. The van der Waals surface area contributed by atoms with Crippen molar-refractivity contribution in [1.82, 2.24) is 14.9 Å². The van der Waals surface area contributed by atoms with Crippen molar-refractivity contribution in [1.29, 1.82) is 0 Å². The van der Waals surface area contributed by atoms with Crippen LogP contribution in [0, 0.1) is 6.92 Å². The maximum atomic E-state index is 13.6. The zero-order valence-corrected chi connectivity index (χ0v) is 21.4. The molecule has 2 heterocycles. The van der Waals surface area contributed by atoms with Crippen LogP contribution in [0.3, 0.4) is 0 Å². The van der Waals surface area contributed by atoms with Gasteiger partial charge in [-0.2, -0.15) is 0 Å². The number of carboxylic acid groups (broad SMARTS) is 1. The Kier molecular flexibility index (Phi) is 8.18. The van der Waals surface area contributed by atoms with Gasteiger partial charge >= 0.3 is 5.97 Å². The van der Waals surface area contributed by atoms with Gasteiger partial charge in [-0.25, -0.2) is 4.98 Å². The minimum atomic E-state index is -0.826. The molecule has 0 amide bonds. The van der Waals surface area contributed by atoms with E-state index in [0.29, 0.717) is 42.4 Å². The summed E-state index contributed by atoms with van der Waals surface area (Å²) in [5, 5.41) is 16.8. The molecule has 1 unspecified atom stereocenters. The van der Waals surface area contributed by atoms with Crippen LogP contribution in [0.2, 0.25) is 0 Å². The third kappa shape index (κ3) is 5.97. The van der Waals surface area contributed by atoms with Gasteiger partial charge < -0.3 is 15.3 Å². The molecule has 0 fully saturated rings. The minimum absolute atomic E-state index is 0.0885. The third-order valence-electron chi connectivity index (χ3n) is 6.42. The molecule has 0 aliphatic carbocycles. The van der Waals surface area contributed by atoms with E-state index in [1.54, 1.807) is 10.6 Å². The van der Waals surface area contributed by atoms with Crippen molar-refractivity contribution in [3.63, 3.8) is 0 Å². The molecular formula is C29H32N4O4. The van der Waals surface area contributed by atoms with Gasteiger partial charge in [0.25, 0.3) is 5.56 Å². The summed E-state index contributed by atoms with van der Waals surface area (Å²) in [6, 6.07) is 13.3. The van der Waals surface area contributed by atoms with E-state index in [4.69, 9.17) is 14.9 Å². The first-order valence-corrected chi connectivity index (χ1v) is 12.5. The van der Waals surface area contributed by atoms with E-state index < -0.39 is 5.97 Å². The number of carboxylic acids is 1. The van der Waals surface area contributed by atoms with E-state index in [2.05, 4.69) is 10.5 Å². The number of benzene rings is 2. The van der Waals surface area contributed by atoms with Crippen LogP contribution in [-0.2, 0) is 16.1 Å². The van der Waals surface area contributed by atoms with Gasteiger partial charge in [0, 0.05) is 31.9 Å². The number of nitrogens with one attached hydrogen (secondary N) is 1. The lowest BCUT2D eigenvalue weighted by atomic mass is 9.99. The van der Waals surface area contributed by atoms with E-state index in [9.17, 15) is 9.59 Å². The molecule has 8 nitrogen and oxygen atoms in total. The van der Waals surface area contributed by atoms with Gasteiger partial charge in [0.05, 0.1) is 22.3 Å². The molecule has 4 rings (SSSR count). The number of hydrogen-bond acceptors (Lipinski definition) is 6. The Bertz CT molecular complexity index is 1430. The number of carbonyl (C=O) groups is 1. The average molecular weight is 501 g/mol. The Labute approximate surface area is 216 Å². The first-order chi connectivity index (χ1) is 17.9. The molecule has 0 bridgehead atoms. The van der Waals surface area contributed by atoms with Crippen molar-refractivity contribution in [2.45, 2.75) is 52.1 Å². The maximum absolute atomic E-state index is 13.6. The molecule has 0 saturated heterocycles. The second kappa shape index (κ2) is 11.7. The number of aliphatic carboxylic acids is 1. The fourth-order valence-corrected chi connectivity index (χ4v) is 4.39. The number of rotatable bonds is 10. The first-order valence-electron chi connectivity index (χ1n) is 12.5. The molecule has 1 aliphatic rings. The summed E-state index contributed by atoms with van der Waals surface area (Å²) >= 11 is 0. The standard InChI is InChI=1S/C29H32N4O4/c1-4-20(15-16-30-3)26-18-24(32-37-26)21-11-14-23-25(17-21)31-27(7-5-6-8-28(34)35)33(29(23)36)22-12-9-19(2)10-13-22/h4,9-17,26,30H,5-8,18H2,1-3H3,(H,34,35)/b16-15-,20-4+. The van der Waals surface area contributed by atoms with Gasteiger partial charge in [0.1, 0.15) is 5.82 Å². The van der Waals surface area contributed by atoms with Crippen LogP contribution >= 0.6 is 0 Å². The Balaban J connectivity index is 1.69. The van der Waals surface area contributed by atoms with Gasteiger partial charge in [-0.15, -0.1) is 0 Å². The molecule has 1 aromatic heterocycles. The Hall–Kier alpha value is -4.20. The second-order valence-electron chi connectivity index (χ2n) is 9.08. The minimum Gasteiger partial charge on any atom is -0.481 e. The molecule has 2 N–H and O–H groups in total. The van der Waals surface area contributed by atoms with Crippen molar-refractivity contribution < 1.29 is 14.7 Å². The highest BCUT2D eigenvalue weighted by atomic mass is 16.6. The molecule has 0 saturated carbocycles. The number of aryl methyl sites for hydroxylation is 2. The summed E-state index contributed by atoms with van der Waals surface area (Å²) in [5.41, 5.74) is 4.97.